The summed E-state index contributed by atoms with van der Waals surface area (Å²) < 4.78 is 5.65. The highest BCUT2D eigenvalue weighted by molar-refractivity contribution is 5.87. The Kier molecular flexibility index (Phi) is 4.47. The van der Waals surface area contributed by atoms with Crippen LogP contribution in [0.3, 0.4) is 0 Å². The summed E-state index contributed by atoms with van der Waals surface area (Å²) in [5.74, 6) is 1.34. The molecule has 0 unspecified atom stereocenters. The molecule has 23 heavy (non-hydrogen) atoms. The molecule has 0 saturated heterocycles. The van der Waals surface area contributed by atoms with Crippen LogP contribution in [0.25, 0.3) is 16.6 Å². The van der Waals surface area contributed by atoms with Gasteiger partial charge in [-0.3, -0.25) is 0 Å². The molecule has 0 fully saturated rings. The Morgan fingerprint density at radius 1 is 1.22 bits per heavy atom. The van der Waals surface area contributed by atoms with Crippen molar-refractivity contribution in [1.82, 2.24) is 9.97 Å². The third kappa shape index (κ3) is 3.45. The molecule has 0 aliphatic rings. The van der Waals surface area contributed by atoms with Gasteiger partial charge < -0.3 is 9.72 Å². The molecule has 0 spiro atoms. The largest absolute Gasteiger partial charge is 0.494 e. The van der Waals surface area contributed by atoms with Crippen molar-refractivity contribution in [3.05, 3.63) is 66.0 Å². The first-order valence-corrected chi connectivity index (χ1v) is 8.06. The molecule has 0 amide bonds. The normalized spacial score (nSPS) is 12.1. The van der Waals surface area contributed by atoms with Crippen molar-refractivity contribution < 1.29 is 4.74 Å². The number of pyridine rings is 1. The van der Waals surface area contributed by atoms with Gasteiger partial charge in [-0.05, 0) is 48.7 Å². The number of hydrogen-bond acceptors (Lipinski definition) is 2. The van der Waals surface area contributed by atoms with E-state index in [1.807, 2.05) is 31.3 Å². The van der Waals surface area contributed by atoms with Crippen molar-refractivity contribution in [3.63, 3.8) is 0 Å². The number of benzene rings is 1. The van der Waals surface area contributed by atoms with Crippen LogP contribution in [0.15, 0.2) is 54.7 Å². The van der Waals surface area contributed by atoms with Crippen molar-refractivity contribution in [2.75, 3.05) is 6.61 Å². The molecule has 3 nitrogen and oxygen atoms in total. The Labute approximate surface area is 137 Å². The van der Waals surface area contributed by atoms with Gasteiger partial charge in [-0.1, -0.05) is 32.1 Å². The van der Waals surface area contributed by atoms with Crippen LogP contribution >= 0.6 is 0 Å². The van der Waals surface area contributed by atoms with E-state index in [9.17, 15) is 0 Å². The lowest BCUT2D eigenvalue weighted by Crippen LogP contribution is -1.95. The monoisotopic (exact) mass is 306 g/mol. The molecule has 0 atom stereocenters. The summed E-state index contributed by atoms with van der Waals surface area (Å²) in [6.07, 6.45) is 4.08. The summed E-state index contributed by atoms with van der Waals surface area (Å²) in [4.78, 5) is 7.83. The van der Waals surface area contributed by atoms with Gasteiger partial charge in [0, 0.05) is 22.9 Å². The Morgan fingerprint density at radius 3 is 2.83 bits per heavy atom. The van der Waals surface area contributed by atoms with Crippen LogP contribution in [-0.4, -0.2) is 16.6 Å². The summed E-state index contributed by atoms with van der Waals surface area (Å²) in [5.41, 5.74) is 4.33. The van der Waals surface area contributed by atoms with Crippen LogP contribution in [0.2, 0.25) is 0 Å². The predicted octanol–water partition coefficient (Wildman–Crippen LogP) is 5.05. The maximum absolute atomic E-state index is 5.65. The van der Waals surface area contributed by atoms with Crippen molar-refractivity contribution in [2.24, 2.45) is 5.92 Å². The van der Waals surface area contributed by atoms with E-state index in [0.717, 1.165) is 28.0 Å². The Morgan fingerprint density at radius 2 is 2.09 bits per heavy atom. The number of nitrogens with one attached hydrogen (secondary N) is 1. The van der Waals surface area contributed by atoms with Gasteiger partial charge in [-0.15, -0.1) is 0 Å². The van der Waals surface area contributed by atoms with E-state index in [1.165, 1.54) is 5.57 Å². The number of hydrogen-bond donors (Lipinski definition) is 1. The van der Waals surface area contributed by atoms with Crippen LogP contribution in [-0.2, 0) is 0 Å². The second-order valence-electron chi connectivity index (χ2n) is 5.91. The summed E-state index contributed by atoms with van der Waals surface area (Å²) in [7, 11) is 0. The number of rotatable bonds is 5. The number of aromatic nitrogens is 2. The first-order valence-electron chi connectivity index (χ1n) is 8.06. The fraction of sp³-hybridized carbons (Fsp3) is 0.250. The molecule has 0 saturated carbocycles. The van der Waals surface area contributed by atoms with Crippen LogP contribution in [0.1, 0.15) is 32.0 Å². The van der Waals surface area contributed by atoms with Crippen LogP contribution < -0.4 is 4.74 Å². The number of fused-ring (bicyclic) bond motifs is 1. The summed E-state index contributed by atoms with van der Waals surface area (Å²) in [6, 6.07) is 14.4. The lowest BCUT2D eigenvalue weighted by atomic mass is 9.98. The predicted molar refractivity (Wildman–Crippen MR) is 95.6 cm³/mol. The van der Waals surface area contributed by atoms with Gasteiger partial charge in [0.2, 0.25) is 0 Å². The molecule has 2 aromatic heterocycles. The highest BCUT2D eigenvalue weighted by Gasteiger charge is 2.11. The van der Waals surface area contributed by atoms with Gasteiger partial charge in [0.05, 0.1) is 6.61 Å². The zero-order valence-electron chi connectivity index (χ0n) is 13.8. The van der Waals surface area contributed by atoms with Crippen molar-refractivity contribution in [2.45, 2.75) is 20.8 Å². The van der Waals surface area contributed by atoms with Gasteiger partial charge in [-0.2, -0.15) is 0 Å². The molecule has 118 valence electrons. The second-order valence-corrected chi connectivity index (χ2v) is 5.91. The zero-order chi connectivity index (χ0) is 16.2. The molecule has 3 aromatic rings. The van der Waals surface area contributed by atoms with E-state index >= 15 is 0 Å². The second kappa shape index (κ2) is 6.69. The Balaban J connectivity index is 2.09. The van der Waals surface area contributed by atoms with E-state index in [4.69, 9.17) is 4.74 Å². The summed E-state index contributed by atoms with van der Waals surface area (Å²) in [6.45, 7) is 7.05. The lowest BCUT2D eigenvalue weighted by molar-refractivity contribution is 0.340. The van der Waals surface area contributed by atoms with E-state index in [1.54, 1.807) is 0 Å². The van der Waals surface area contributed by atoms with Gasteiger partial charge >= 0.3 is 0 Å². The average molecular weight is 306 g/mol. The van der Waals surface area contributed by atoms with Crippen molar-refractivity contribution in [3.8, 4) is 5.75 Å². The summed E-state index contributed by atoms with van der Waals surface area (Å²) in [5, 5.41) is 1.12. The van der Waals surface area contributed by atoms with E-state index in [-0.39, 0.29) is 0 Å². The average Bonchev–Trinajstić information content (AvgIpc) is 2.96. The Bertz CT molecular complexity index is 797. The highest BCUT2D eigenvalue weighted by Crippen LogP contribution is 2.29. The minimum absolute atomic E-state index is 0.445. The molecule has 3 rings (SSSR count). The quantitative estimate of drug-likeness (QED) is 0.716. The lowest BCUT2D eigenvalue weighted by Gasteiger charge is -2.10. The van der Waals surface area contributed by atoms with Crippen LogP contribution in [0, 0.1) is 5.92 Å². The number of nitrogens with zero attached hydrogens (tertiary/aromatic N) is 1. The fourth-order valence-corrected chi connectivity index (χ4v) is 2.70. The number of allylic oxidation sites excluding steroid dienone is 1. The molecule has 3 heteroatoms. The van der Waals surface area contributed by atoms with Crippen molar-refractivity contribution in [1.29, 1.82) is 0 Å². The molecule has 1 N–H and O–H groups in total. The van der Waals surface area contributed by atoms with Gasteiger partial charge in [-0.25, -0.2) is 4.98 Å². The third-order valence-electron chi connectivity index (χ3n) is 3.64. The maximum Gasteiger partial charge on any atom is 0.137 e. The van der Waals surface area contributed by atoms with Crippen molar-refractivity contribution >= 4 is 16.6 Å². The zero-order valence-corrected chi connectivity index (χ0v) is 13.8. The van der Waals surface area contributed by atoms with E-state index in [2.05, 4.69) is 54.2 Å². The molecule has 1 aromatic carbocycles. The maximum atomic E-state index is 5.65. The summed E-state index contributed by atoms with van der Waals surface area (Å²) >= 11 is 0. The topological polar surface area (TPSA) is 37.9 Å². The van der Waals surface area contributed by atoms with Gasteiger partial charge in [0.1, 0.15) is 11.4 Å². The van der Waals surface area contributed by atoms with Gasteiger partial charge in [0.25, 0.3) is 0 Å². The smallest absolute Gasteiger partial charge is 0.137 e. The van der Waals surface area contributed by atoms with Gasteiger partial charge in [0.15, 0.2) is 0 Å². The SMILES string of the molecule is CCOc1cccc(C(=CC(C)C)c2cc3cccnc3[nH]2)c1. The first kappa shape index (κ1) is 15.3. The molecule has 0 radical (unpaired) electrons. The first-order chi connectivity index (χ1) is 11.2. The molecular weight excluding hydrogens is 284 g/mol. The number of ether oxygens (including phenoxy) is 1. The number of aromatic amines is 1. The third-order valence-corrected chi connectivity index (χ3v) is 3.64. The molecule has 0 bridgehead atoms. The molecular formula is C20H22N2O. The number of H-pyrrole nitrogens is 1. The minimum Gasteiger partial charge on any atom is -0.494 e. The van der Waals surface area contributed by atoms with Crippen LogP contribution in [0.4, 0.5) is 0 Å². The Hall–Kier alpha value is -2.55. The fourth-order valence-electron chi connectivity index (χ4n) is 2.70. The van der Waals surface area contributed by atoms with Crippen LogP contribution in [0.5, 0.6) is 5.75 Å². The van der Waals surface area contributed by atoms with E-state index < -0.39 is 0 Å². The molecule has 0 aliphatic carbocycles. The minimum atomic E-state index is 0.445. The van der Waals surface area contributed by atoms with E-state index in [0.29, 0.717) is 12.5 Å². The highest BCUT2D eigenvalue weighted by atomic mass is 16.5. The molecule has 0 aliphatic heterocycles. The molecule has 2 heterocycles. The standard InChI is InChI=1S/C20H22N2O/c1-4-23-17-9-5-7-15(12-17)18(11-14(2)3)19-13-16-8-6-10-21-20(16)22-19/h5-14H,4H2,1-3H3,(H,21,22).